The van der Waals surface area contributed by atoms with E-state index < -0.39 is 11.7 Å². The van der Waals surface area contributed by atoms with Gasteiger partial charge in [0.1, 0.15) is 0 Å². The number of alkyl halides is 3. The maximum atomic E-state index is 12.8. The van der Waals surface area contributed by atoms with Gasteiger partial charge in [-0.25, -0.2) is 0 Å². The number of aliphatic hydroxyl groups is 1. The number of halogens is 4. The lowest BCUT2D eigenvalue weighted by atomic mass is 10.2. The largest absolute Gasteiger partial charge is 0.416 e. The van der Waals surface area contributed by atoms with Crippen molar-refractivity contribution in [2.75, 3.05) is 30.4 Å². The van der Waals surface area contributed by atoms with Gasteiger partial charge in [-0.3, -0.25) is 5.43 Å². The third-order valence-corrected chi connectivity index (χ3v) is 4.21. The van der Waals surface area contributed by atoms with Gasteiger partial charge in [0.2, 0.25) is 0 Å². The number of thiocarbonyl (C=S) groups is 1. The number of nitrogens with zero attached hydrogens (tertiary/aromatic N) is 2. The molecule has 0 atom stereocenters. The molecule has 0 aromatic heterocycles. The third kappa shape index (κ3) is 6.36. The lowest BCUT2D eigenvalue weighted by Gasteiger charge is -2.17. The first-order valence-electron chi connectivity index (χ1n) is 8.09. The summed E-state index contributed by atoms with van der Waals surface area (Å²) in [5.41, 5.74) is 3.45. The quantitative estimate of drug-likeness (QED) is 0.366. The van der Waals surface area contributed by atoms with E-state index in [0.29, 0.717) is 6.54 Å². The normalized spacial score (nSPS) is 11.5. The number of benzene rings is 2. The van der Waals surface area contributed by atoms with Crippen LogP contribution in [0.25, 0.3) is 0 Å². The van der Waals surface area contributed by atoms with Gasteiger partial charge < -0.3 is 15.3 Å². The summed E-state index contributed by atoms with van der Waals surface area (Å²) < 4.78 is 38.4. The van der Waals surface area contributed by atoms with Crippen LogP contribution in [0.5, 0.6) is 0 Å². The van der Waals surface area contributed by atoms with Crippen molar-refractivity contribution in [1.82, 2.24) is 5.43 Å². The lowest BCUT2D eigenvalue weighted by Crippen LogP contribution is -2.24. The molecule has 0 heterocycles. The van der Waals surface area contributed by atoms with Crippen molar-refractivity contribution in [1.29, 1.82) is 0 Å². The van der Waals surface area contributed by atoms with E-state index in [4.69, 9.17) is 28.9 Å². The molecule has 0 spiro atoms. The van der Waals surface area contributed by atoms with Crippen molar-refractivity contribution in [2.24, 2.45) is 5.10 Å². The summed E-state index contributed by atoms with van der Waals surface area (Å²) in [6, 6.07) is 10.3. The Morgan fingerprint density at radius 1 is 1.25 bits per heavy atom. The molecule has 0 aliphatic carbocycles. The first-order valence-corrected chi connectivity index (χ1v) is 8.88. The molecule has 2 aromatic carbocycles. The SMILES string of the molecule is CN(CCO)c1ccc(/C=N/NC(=S)Nc2cc(C(F)(F)F)ccc2Cl)cc1. The van der Waals surface area contributed by atoms with Gasteiger partial charge in [0, 0.05) is 19.3 Å². The summed E-state index contributed by atoms with van der Waals surface area (Å²) in [6.07, 6.45) is -2.97. The van der Waals surface area contributed by atoms with Crippen molar-refractivity contribution >= 4 is 46.5 Å². The van der Waals surface area contributed by atoms with Gasteiger partial charge in [-0.2, -0.15) is 18.3 Å². The van der Waals surface area contributed by atoms with Crippen LogP contribution in [0.3, 0.4) is 0 Å². The van der Waals surface area contributed by atoms with Crippen LogP contribution in [0.15, 0.2) is 47.6 Å². The predicted molar refractivity (Wildman–Crippen MR) is 110 cm³/mol. The van der Waals surface area contributed by atoms with Crippen LogP contribution < -0.4 is 15.6 Å². The highest BCUT2D eigenvalue weighted by Gasteiger charge is 2.31. The van der Waals surface area contributed by atoms with Crippen molar-refractivity contribution in [3.05, 3.63) is 58.6 Å². The molecular formula is C18H18ClF3N4OS. The number of aliphatic hydroxyl groups excluding tert-OH is 1. The van der Waals surface area contributed by atoms with E-state index in [1.807, 2.05) is 36.2 Å². The van der Waals surface area contributed by atoms with Gasteiger partial charge in [0.15, 0.2) is 5.11 Å². The maximum absolute atomic E-state index is 12.8. The Balaban J connectivity index is 1.95. The van der Waals surface area contributed by atoms with E-state index in [1.54, 1.807) is 0 Å². The molecule has 2 rings (SSSR count). The minimum Gasteiger partial charge on any atom is -0.395 e. The van der Waals surface area contributed by atoms with Crippen LogP contribution in [-0.2, 0) is 6.18 Å². The van der Waals surface area contributed by atoms with Crippen molar-refractivity contribution in [3.63, 3.8) is 0 Å². The Labute approximate surface area is 170 Å². The Hall–Kier alpha value is -2.36. The molecule has 0 bridgehead atoms. The second kappa shape index (κ2) is 9.72. The van der Waals surface area contributed by atoms with Gasteiger partial charge in [0.25, 0.3) is 0 Å². The molecule has 28 heavy (non-hydrogen) atoms. The molecule has 10 heteroatoms. The number of hydrazone groups is 1. The molecular weight excluding hydrogens is 413 g/mol. The van der Waals surface area contributed by atoms with Crippen LogP contribution >= 0.6 is 23.8 Å². The summed E-state index contributed by atoms with van der Waals surface area (Å²) in [5, 5.41) is 15.6. The Kier molecular flexibility index (Phi) is 7.61. The molecule has 0 unspecified atom stereocenters. The average Bonchev–Trinajstić information content (AvgIpc) is 2.63. The van der Waals surface area contributed by atoms with E-state index in [2.05, 4.69) is 15.8 Å². The topological polar surface area (TPSA) is 59.9 Å². The second-order valence-electron chi connectivity index (χ2n) is 5.75. The molecule has 0 amide bonds. The number of nitrogens with one attached hydrogen (secondary N) is 2. The van der Waals surface area contributed by atoms with E-state index in [9.17, 15) is 13.2 Å². The molecule has 0 aliphatic heterocycles. The summed E-state index contributed by atoms with van der Waals surface area (Å²) in [6.45, 7) is 0.580. The van der Waals surface area contributed by atoms with Crippen LogP contribution in [0, 0.1) is 0 Å². The maximum Gasteiger partial charge on any atom is 0.416 e. The Morgan fingerprint density at radius 3 is 2.54 bits per heavy atom. The number of hydrogen-bond donors (Lipinski definition) is 3. The van der Waals surface area contributed by atoms with Gasteiger partial charge in [-0.05, 0) is 48.1 Å². The number of likely N-dealkylation sites (N-methyl/N-ethyl adjacent to an activating group) is 1. The lowest BCUT2D eigenvalue weighted by molar-refractivity contribution is -0.137. The van der Waals surface area contributed by atoms with Crippen LogP contribution in [-0.4, -0.2) is 36.6 Å². The molecule has 5 nitrogen and oxygen atoms in total. The van der Waals surface area contributed by atoms with Gasteiger partial charge >= 0.3 is 6.18 Å². The molecule has 0 fully saturated rings. The molecule has 2 aromatic rings. The summed E-state index contributed by atoms with van der Waals surface area (Å²) >= 11 is 10.9. The van der Waals surface area contributed by atoms with Gasteiger partial charge in [0.05, 0.1) is 29.1 Å². The zero-order valence-electron chi connectivity index (χ0n) is 14.8. The molecule has 150 valence electrons. The third-order valence-electron chi connectivity index (χ3n) is 3.69. The van der Waals surface area contributed by atoms with Gasteiger partial charge in [-0.1, -0.05) is 23.7 Å². The van der Waals surface area contributed by atoms with Crippen molar-refractivity contribution in [3.8, 4) is 0 Å². The smallest absolute Gasteiger partial charge is 0.395 e. The zero-order chi connectivity index (χ0) is 20.7. The van der Waals surface area contributed by atoms with Gasteiger partial charge in [-0.15, -0.1) is 0 Å². The zero-order valence-corrected chi connectivity index (χ0v) is 16.4. The minimum atomic E-state index is -4.48. The predicted octanol–water partition coefficient (Wildman–Crippen LogP) is 4.11. The highest BCUT2D eigenvalue weighted by atomic mass is 35.5. The van der Waals surface area contributed by atoms with E-state index in [-0.39, 0.29) is 22.4 Å². The molecule has 0 radical (unpaired) electrons. The fourth-order valence-corrected chi connectivity index (χ4v) is 2.53. The first-order chi connectivity index (χ1) is 13.2. The van der Waals surface area contributed by atoms with Crippen LogP contribution in [0.4, 0.5) is 24.5 Å². The van der Waals surface area contributed by atoms with Crippen LogP contribution in [0.2, 0.25) is 5.02 Å². The summed E-state index contributed by atoms with van der Waals surface area (Å²) in [5.74, 6) is 0. The monoisotopic (exact) mass is 430 g/mol. The Morgan fingerprint density at radius 2 is 1.93 bits per heavy atom. The average molecular weight is 431 g/mol. The molecule has 3 N–H and O–H groups in total. The number of hydrogen-bond acceptors (Lipinski definition) is 4. The van der Waals surface area contributed by atoms with E-state index in [1.165, 1.54) is 6.21 Å². The minimum absolute atomic E-state index is 0.00299. The van der Waals surface area contributed by atoms with Crippen molar-refractivity contribution in [2.45, 2.75) is 6.18 Å². The fourth-order valence-electron chi connectivity index (χ4n) is 2.21. The standard InChI is InChI=1S/C18H18ClF3N4OS/c1-26(8-9-27)14-5-2-12(3-6-14)11-23-25-17(28)24-16-10-13(18(20,21)22)4-7-15(16)19/h2-7,10-11,27H,8-9H2,1H3,(H2,24,25,28)/b23-11+. The molecule has 0 saturated carbocycles. The summed E-state index contributed by atoms with van der Waals surface area (Å²) in [4.78, 5) is 1.90. The molecule has 0 saturated heterocycles. The fraction of sp³-hybridized carbons (Fsp3) is 0.222. The van der Waals surface area contributed by atoms with E-state index in [0.717, 1.165) is 29.4 Å². The molecule has 0 aliphatic rings. The highest BCUT2D eigenvalue weighted by molar-refractivity contribution is 7.80. The highest BCUT2D eigenvalue weighted by Crippen LogP contribution is 2.33. The van der Waals surface area contributed by atoms with E-state index >= 15 is 0 Å². The first kappa shape index (κ1) is 21.9. The van der Waals surface area contributed by atoms with Crippen molar-refractivity contribution < 1.29 is 18.3 Å². The Bertz CT molecular complexity index is 844. The summed E-state index contributed by atoms with van der Waals surface area (Å²) in [7, 11) is 1.86. The second-order valence-corrected chi connectivity index (χ2v) is 6.57. The number of rotatable bonds is 6. The van der Waals surface area contributed by atoms with Crippen LogP contribution in [0.1, 0.15) is 11.1 Å². The number of anilines is 2.